The Morgan fingerprint density at radius 3 is 2.19 bits per heavy atom. The number of anilines is 4. The first-order valence-electron chi connectivity index (χ1n) is 21.4. The van der Waals surface area contributed by atoms with Crippen LogP contribution in [0.4, 0.5) is 41.7 Å². The summed E-state index contributed by atoms with van der Waals surface area (Å²) in [7, 11) is 0. The summed E-state index contributed by atoms with van der Waals surface area (Å²) in [5.41, 5.74) is 1.42. The Morgan fingerprint density at radius 2 is 1.52 bits per heavy atom. The van der Waals surface area contributed by atoms with Crippen LogP contribution in [0.3, 0.4) is 0 Å². The summed E-state index contributed by atoms with van der Waals surface area (Å²) in [6.07, 6.45) is 2.88. The Hall–Kier alpha value is -6.09. The van der Waals surface area contributed by atoms with Crippen LogP contribution in [0.1, 0.15) is 63.0 Å². The van der Waals surface area contributed by atoms with Crippen LogP contribution in [0.15, 0.2) is 59.5 Å². The van der Waals surface area contributed by atoms with Crippen LogP contribution >= 0.6 is 0 Å². The molecule has 0 radical (unpaired) electrons. The number of carbonyl (C=O) groups is 3. The second-order valence-corrected chi connectivity index (χ2v) is 17.6. The highest BCUT2D eigenvalue weighted by molar-refractivity contribution is 5.99. The van der Waals surface area contributed by atoms with Gasteiger partial charge in [-0.1, -0.05) is 11.3 Å². The van der Waals surface area contributed by atoms with Crippen LogP contribution in [-0.4, -0.2) is 102 Å². The Morgan fingerprint density at radius 1 is 0.855 bits per heavy atom. The number of carbonyl (C=O) groups excluding carboxylic acids is 3. The van der Waals surface area contributed by atoms with Crippen molar-refractivity contribution >= 4 is 57.2 Å². The third kappa shape index (κ3) is 8.42. The van der Waals surface area contributed by atoms with Gasteiger partial charge in [0.1, 0.15) is 17.4 Å². The van der Waals surface area contributed by atoms with E-state index in [2.05, 4.69) is 45.5 Å². The number of aromatic nitrogens is 4. The first-order chi connectivity index (χ1) is 29.8. The summed E-state index contributed by atoms with van der Waals surface area (Å²) >= 11 is 0. The monoisotopic (exact) mass is 851 g/mol. The van der Waals surface area contributed by atoms with E-state index in [9.17, 15) is 32.3 Å². The molecule has 2 aromatic carbocycles. The van der Waals surface area contributed by atoms with E-state index in [-0.39, 0.29) is 36.1 Å². The van der Waals surface area contributed by atoms with Crippen LogP contribution in [0.25, 0.3) is 15.7 Å². The lowest BCUT2D eigenvalue weighted by Gasteiger charge is -2.55. The fourth-order valence-corrected chi connectivity index (χ4v) is 10.0. The molecule has 2 N–H and O–H groups in total. The summed E-state index contributed by atoms with van der Waals surface area (Å²) in [5, 5.41) is 13.8. The number of alkyl halides is 3. The van der Waals surface area contributed by atoms with E-state index in [1.165, 1.54) is 12.1 Å². The van der Waals surface area contributed by atoms with Crippen LogP contribution in [0.5, 0.6) is 0 Å². The average molecular weight is 852 g/mol. The van der Waals surface area contributed by atoms with E-state index in [4.69, 9.17) is 6.57 Å². The number of piperidine rings is 4. The van der Waals surface area contributed by atoms with Crippen molar-refractivity contribution in [3.05, 3.63) is 82.1 Å². The summed E-state index contributed by atoms with van der Waals surface area (Å²) in [4.78, 5) is 67.2. The minimum Gasteiger partial charge on any atom is -0.372 e. The van der Waals surface area contributed by atoms with Crippen LogP contribution < -0.4 is 30.9 Å². The predicted octanol–water partition coefficient (Wildman–Crippen LogP) is 5.41. The highest BCUT2D eigenvalue weighted by Gasteiger charge is 2.45. The zero-order valence-electron chi connectivity index (χ0n) is 34.2. The molecule has 0 saturated carbocycles. The van der Waals surface area contributed by atoms with Gasteiger partial charge in [0.05, 0.1) is 29.4 Å². The van der Waals surface area contributed by atoms with E-state index in [0.717, 1.165) is 93.6 Å². The standard InChI is InChI=1S/C44H48F3N11O4/c1-48-36-6-3-31(23-34(36)44(45,46)47)55-18-12-29(13-19-55)40(60)50-38-8-4-32(24-49-38)56-16-10-28(11-17-56)25-54-26-43(27-54)14-20-57(21-15-43)30-2-5-35-33(22-30)42(62)58(53-52-35)37-7-9-39(59)51-41(37)61/h2-6,8,22-24,28-29,37H,7,9-21,25-27H2,(H,49,50,60)(H,51,59,61). The number of nitrogens with one attached hydrogen (secondary N) is 2. The lowest BCUT2D eigenvalue weighted by Crippen LogP contribution is -2.61. The molecule has 15 nitrogen and oxygen atoms in total. The van der Waals surface area contributed by atoms with Gasteiger partial charge in [0, 0.05) is 82.6 Å². The summed E-state index contributed by atoms with van der Waals surface area (Å²) in [6, 6.07) is 12.4. The molecule has 1 unspecified atom stereocenters. The van der Waals surface area contributed by atoms with Gasteiger partial charge in [0.15, 0.2) is 5.69 Å². The molecule has 5 aliphatic rings. The number of rotatable bonds is 8. The lowest BCUT2D eigenvalue weighted by molar-refractivity contribution is -0.137. The molecule has 2 aromatic heterocycles. The normalized spacial score (nSPS) is 21.5. The van der Waals surface area contributed by atoms with Gasteiger partial charge in [-0.25, -0.2) is 9.83 Å². The number of amides is 3. The highest BCUT2D eigenvalue weighted by Crippen LogP contribution is 2.43. The zero-order valence-corrected chi connectivity index (χ0v) is 34.2. The molecule has 62 heavy (non-hydrogen) atoms. The number of pyridine rings is 1. The molecular formula is C44H48F3N11O4. The SMILES string of the molecule is [C-]#[N+]c1ccc(N2CCC(C(=O)Nc3ccc(N4CCC(CN5CC6(CCN(c7ccc8nnn(C9CCC(=O)NC9=O)c(=O)c8c7)CC6)C5)CC4)cn3)CC2)cc1C(F)(F)F. The Kier molecular flexibility index (Phi) is 11.1. The van der Waals surface area contributed by atoms with Crippen molar-refractivity contribution in [3.8, 4) is 0 Å². The third-order valence-corrected chi connectivity index (χ3v) is 13.6. The van der Waals surface area contributed by atoms with E-state index in [1.54, 1.807) is 6.20 Å². The van der Waals surface area contributed by atoms with Crippen molar-refractivity contribution in [2.75, 3.05) is 78.9 Å². The summed E-state index contributed by atoms with van der Waals surface area (Å²) in [5.74, 6) is -0.216. The van der Waals surface area contributed by atoms with Crippen molar-refractivity contribution in [1.29, 1.82) is 0 Å². The molecule has 3 amide bonds. The maximum atomic E-state index is 13.5. The van der Waals surface area contributed by atoms with Crippen LogP contribution in [-0.2, 0) is 20.6 Å². The summed E-state index contributed by atoms with van der Waals surface area (Å²) in [6.45, 7) is 14.9. The molecule has 1 spiro atoms. The van der Waals surface area contributed by atoms with E-state index >= 15 is 0 Å². The van der Waals surface area contributed by atoms with Crippen molar-refractivity contribution in [2.45, 2.75) is 63.6 Å². The van der Waals surface area contributed by atoms with Gasteiger partial charge in [0.25, 0.3) is 11.5 Å². The molecule has 7 heterocycles. The molecule has 9 rings (SSSR count). The van der Waals surface area contributed by atoms with Crippen molar-refractivity contribution in [1.82, 2.24) is 30.2 Å². The third-order valence-electron chi connectivity index (χ3n) is 13.6. The zero-order chi connectivity index (χ0) is 43.2. The molecule has 5 saturated heterocycles. The Labute approximate surface area is 356 Å². The van der Waals surface area contributed by atoms with Gasteiger partial charge in [-0.2, -0.15) is 17.9 Å². The minimum atomic E-state index is -4.61. The number of hydrogen-bond donors (Lipinski definition) is 2. The number of benzene rings is 2. The van der Waals surface area contributed by atoms with Gasteiger partial charge in [0.2, 0.25) is 11.8 Å². The predicted molar refractivity (Wildman–Crippen MR) is 226 cm³/mol. The molecular weight excluding hydrogens is 804 g/mol. The van der Waals surface area contributed by atoms with Gasteiger partial charge in [-0.3, -0.25) is 24.5 Å². The van der Waals surface area contributed by atoms with Crippen molar-refractivity contribution in [2.24, 2.45) is 17.3 Å². The number of likely N-dealkylation sites (tertiary alicyclic amines) is 1. The molecule has 1 atom stereocenters. The number of fused-ring (bicyclic) bond motifs is 1. The number of nitrogens with zero attached hydrogens (tertiary/aromatic N) is 9. The van der Waals surface area contributed by atoms with Gasteiger partial charge >= 0.3 is 6.18 Å². The topological polar surface area (TPSA) is 153 Å². The van der Waals surface area contributed by atoms with Crippen LogP contribution in [0, 0.1) is 23.8 Å². The highest BCUT2D eigenvalue weighted by atomic mass is 19.4. The second-order valence-electron chi connectivity index (χ2n) is 17.6. The molecule has 324 valence electrons. The first-order valence-corrected chi connectivity index (χ1v) is 21.4. The minimum absolute atomic E-state index is 0.148. The molecule has 18 heteroatoms. The van der Waals surface area contributed by atoms with Gasteiger partial charge in [-0.05, 0) is 98.7 Å². The molecule has 5 aliphatic heterocycles. The number of imide groups is 1. The van der Waals surface area contributed by atoms with Gasteiger partial charge < -0.3 is 24.9 Å². The smallest absolute Gasteiger partial charge is 0.372 e. The van der Waals surface area contributed by atoms with Gasteiger partial charge in [-0.15, -0.1) is 5.10 Å². The fraction of sp³-hybridized carbons (Fsp3) is 0.500. The molecule has 4 aromatic rings. The molecule has 5 fully saturated rings. The first kappa shape index (κ1) is 41.3. The summed E-state index contributed by atoms with van der Waals surface area (Å²) < 4.78 is 41.6. The fourth-order valence-electron chi connectivity index (χ4n) is 10.0. The lowest BCUT2D eigenvalue weighted by atomic mass is 9.71. The maximum absolute atomic E-state index is 13.5. The van der Waals surface area contributed by atoms with E-state index in [1.807, 2.05) is 35.2 Å². The quantitative estimate of drug-likeness (QED) is 0.173. The molecule has 0 bridgehead atoms. The van der Waals surface area contributed by atoms with Crippen LogP contribution in [0.2, 0.25) is 0 Å². The van der Waals surface area contributed by atoms with Crippen molar-refractivity contribution < 1.29 is 27.6 Å². The number of hydrogen-bond acceptors (Lipinski definition) is 11. The number of halogens is 3. The average Bonchev–Trinajstić information content (AvgIpc) is 3.26. The maximum Gasteiger partial charge on any atom is 0.407 e. The molecule has 0 aliphatic carbocycles. The van der Waals surface area contributed by atoms with E-state index < -0.39 is 29.4 Å². The second kappa shape index (κ2) is 16.6. The Bertz CT molecular complexity index is 2460. The van der Waals surface area contributed by atoms with E-state index in [0.29, 0.717) is 59.7 Å². The van der Waals surface area contributed by atoms with Crippen molar-refractivity contribution in [3.63, 3.8) is 0 Å². The largest absolute Gasteiger partial charge is 0.407 e. The Balaban J connectivity index is 0.700.